The van der Waals surface area contributed by atoms with Crippen LogP contribution in [0.2, 0.25) is 0 Å². The summed E-state index contributed by atoms with van der Waals surface area (Å²) < 4.78 is 53.3. The van der Waals surface area contributed by atoms with Gasteiger partial charge in [-0.3, -0.25) is 0 Å². The van der Waals surface area contributed by atoms with E-state index in [0.29, 0.717) is 0 Å². The molecule has 0 aliphatic carbocycles. The van der Waals surface area contributed by atoms with Crippen molar-refractivity contribution in [3.8, 4) is 0 Å². The Morgan fingerprint density at radius 1 is 1.00 bits per heavy atom. The van der Waals surface area contributed by atoms with E-state index in [4.69, 9.17) is 0 Å². The molecule has 0 radical (unpaired) electrons. The first-order valence-electron chi connectivity index (χ1n) is 3.53. The predicted molar refractivity (Wildman–Crippen MR) is 48.1 cm³/mol. The Balaban J connectivity index is 0.00000196. The number of aryl methyl sites for hydroxylation is 1. The first kappa shape index (κ1) is 15.1. The molecule has 0 bridgehead atoms. The molecular weight excluding hydrogens is 251 g/mol. The van der Waals surface area contributed by atoms with Crippen LogP contribution in [0.3, 0.4) is 0 Å². The van der Waals surface area contributed by atoms with Gasteiger partial charge in [0.1, 0.15) is 0 Å². The SMILES string of the molecule is Cc1ccc(S(=O)(=O)S(=O)(=O)[O-])cc1.[Na+]. The first-order valence-corrected chi connectivity index (χ1v) is 6.93. The third-order valence-electron chi connectivity index (χ3n) is 1.58. The maximum absolute atomic E-state index is 11.1. The maximum Gasteiger partial charge on any atom is 1.00 e. The van der Waals surface area contributed by atoms with Crippen LogP contribution in [-0.4, -0.2) is 21.4 Å². The van der Waals surface area contributed by atoms with Crippen molar-refractivity contribution >= 4 is 18.0 Å². The van der Waals surface area contributed by atoms with Crippen LogP contribution in [0.4, 0.5) is 0 Å². The molecule has 0 N–H and O–H groups in total. The van der Waals surface area contributed by atoms with Crippen molar-refractivity contribution in [2.45, 2.75) is 11.8 Å². The third kappa shape index (κ3) is 3.27. The van der Waals surface area contributed by atoms with Gasteiger partial charge < -0.3 is 4.55 Å². The number of rotatable bonds is 2. The zero-order valence-electron chi connectivity index (χ0n) is 8.17. The van der Waals surface area contributed by atoms with Gasteiger partial charge in [0.05, 0.1) is 4.90 Å². The second-order valence-corrected chi connectivity index (χ2v) is 7.41. The van der Waals surface area contributed by atoms with Crippen LogP contribution in [0.5, 0.6) is 0 Å². The zero-order valence-corrected chi connectivity index (χ0v) is 11.8. The monoisotopic (exact) mass is 258 g/mol. The first-order chi connectivity index (χ1) is 6.25. The van der Waals surface area contributed by atoms with Crippen LogP contribution in [0, 0.1) is 6.92 Å². The van der Waals surface area contributed by atoms with Gasteiger partial charge in [0.2, 0.25) is 9.15 Å². The summed E-state index contributed by atoms with van der Waals surface area (Å²) in [6.07, 6.45) is 0. The Bertz CT molecular complexity index is 529. The molecule has 0 aromatic heterocycles. The molecule has 8 heteroatoms. The molecule has 0 fully saturated rings. The van der Waals surface area contributed by atoms with Crippen LogP contribution >= 0.6 is 0 Å². The predicted octanol–water partition coefficient (Wildman–Crippen LogP) is -2.77. The maximum atomic E-state index is 11.1. The normalized spacial score (nSPS) is 11.9. The van der Waals surface area contributed by atoms with E-state index >= 15 is 0 Å². The van der Waals surface area contributed by atoms with Gasteiger partial charge >= 0.3 is 29.6 Å². The Labute approximate surface area is 110 Å². The average Bonchev–Trinajstić information content (AvgIpc) is 2.03. The summed E-state index contributed by atoms with van der Waals surface area (Å²) in [6.45, 7) is 1.71. The van der Waals surface area contributed by atoms with E-state index in [-0.39, 0.29) is 29.6 Å². The minimum absolute atomic E-state index is 0. The Morgan fingerprint density at radius 2 is 1.40 bits per heavy atom. The Kier molecular flexibility index (Phi) is 4.97. The summed E-state index contributed by atoms with van der Waals surface area (Å²) in [5.41, 5.74) is 0.771. The van der Waals surface area contributed by atoms with Crippen molar-refractivity contribution in [2.75, 3.05) is 0 Å². The zero-order chi connectivity index (χ0) is 11.0. The Hall–Kier alpha value is 0.0800. The molecule has 0 atom stereocenters. The van der Waals surface area contributed by atoms with Gasteiger partial charge in [0.15, 0.2) is 0 Å². The van der Waals surface area contributed by atoms with Gasteiger partial charge in [-0.1, -0.05) is 17.7 Å². The summed E-state index contributed by atoms with van der Waals surface area (Å²) in [4.78, 5) is -0.502. The van der Waals surface area contributed by atoms with Gasteiger partial charge in [-0.25, -0.2) is 16.8 Å². The second kappa shape index (κ2) is 4.94. The van der Waals surface area contributed by atoms with Crippen molar-refractivity contribution in [3.05, 3.63) is 29.8 Å². The van der Waals surface area contributed by atoms with Crippen LogP contribution in [0.1, 0.15) is 5.56 Å². The average molecular weight is 258 g/mol. The van der Waals surface area contributed by atoms with Crippen molar-refractivity contribution in [1.82, 2.24) is 0 Å². The van der Waals surface area contributed by atoms with E-state index in [9.17, 15) is 21.4 Å². The van der Waals surface area contributed by atoms with Crippen molar-refractivity contribution < 1.29 is 50.9 Å². The molecule has 0 aliphatic heterocycles. The smallest absolute Gasteiger partial charge is 0.735 e. The van der Waals surface area contributed by atoms with Crippen molar-refractivity contribution in [3.63, 3.8) is 0 Å². The van der Waals surface area contributed by atoms with Gasteiger partial charge in [-0.15, -0.1) is 0 Å². The minimum Gasteiger partial charge on any atom is -0.735 e. The molecule has 1 aromatic rings. The van der Waals surface area contributed by atoms with Crippen LogP contribution in [-0.2, 0) is 18.0 Å². The molecule has 78 valence electrons. The molecule has 5 nitrogen and oxygen atoms in total. The third-order valence-corrected chi connectivity index (χ3v) is 5.16. The fourth-order valence-corrected chi connectivity index (χ4v) is 2.57. The molecule has 15 heavy (non-hydrogen) atoms. The van der Waals surface area contributed by atoms with Gasteiger partial charge in [-0.2, -0.15) is 0 Å². The fraction of sp³-hybridized carbons (Fsp3) is 0.143. The van der Waals surface area contributed by atoms with E-state index in [1.807, 2.05) is 0 Å². The van der Waals surface area contributed by atoms with E-state index in [2.05, 4.69) is 0 Å². The molecule has 1 aromatic carbocycles. The number of hydrogen-bond donors (Lipinski definition) is 0. The van der Waals surface area contributed by atoms with Crippen LogP contribution in [0.25, 0.3) is 0 Å². The second-order valence-electron chi connectivity index (χ2n) is 2.68. The number of benzene rings is 1. The number of hydrogen-bond acceptors (Lipinski definition) is 5. The van der Waals surface area contributed by atoms with E-state index in [0.717, 1.165) is 17.7 Å². The van der Waals surface area contributed by atoms with Crippen molar-refractivity contribution in [1.29, 1.82) is 0 Å². The molecule has 0 aliphatic rings. The Morgan fingerprint density at radius 3 is 1.73 bits per heavy atom. The fourth-order valence-electron chi connectivity index (χ4n) is 0.823. The van der Waals surface area contributed by atoms with Crippen molar-refractivity contribution in [2.24, 2.45) is 0 Å². The van der Waals surface area contributed by atoms with Gasteiger partial charge in [0.25, 0.3) is 8.87 Å². The summed E-state index contributed by atoms with van der Waals surface area (Å²) in [6, 6.07) is 5.00. The molecular formula is C7H7NaO5S2. The molecule has 0 saturated carbocycles. The summed E-state index contributed by atoms with van der Waals surface area (Å²) >= 11 is 0. The summed E-state index contributed by atoms with van der Waals surface area (Å²) in [5.74, 6) is 0. The summed E-state index contributed by atoms with van der Waals surface area (Å²) in [5, 5.41) is 0. The van der Waals surface area contributed by atoms with E-state index in [1.54, 1.807) is 6.92 Å². The largest absolute Gasteiger partial charge is 1.00 e. The van der Waals surface area contributed by atoms with Crippen LogP contribution in [0.15, 0.2) is 29.2 Å². The van der Waals surface area contributed by atoms with Crippen LogP contribution < -0.4 is 29.6 Å². The van der Waals surface area contributed by atoms with Gasteiger partial charge in [0, 0.05) is 0 Å². The molecule has 0 saturated heterocycles. The molecule has 0 heterocycles. The standard InChI is InChI=1S/C7H8O5S2.Na/c1-6-2-4-7(5-3-6)13(8,9)14(10,11)12;/h2-5H,1H3,(H,10,11,12);/q;+1/p-1. The quantitative estimate of drug-likeness (QED) is 0.325. The topological polar surface area (TPSA) is 91.3 Å². The van der Waals surface area contributed by atoms with Gasteiger partial charge in [-0.05, 0) is 19.1 Å². The summed E-state index contributed by atoms with van der Waals surface area (Å²) in [7, 11) is -10.1. The molecule has 0 spiro atoms. The minimum atomic E-state index is -5.35. The van der Waals surface area contributed by atoms with E-state index in [1.165, 1.54) is 12.1 Å². The van der Waals surface area contributed by atoms with E-state index < -0.39 is 22.9 Å². The molecule has 0 unspecified atom stereocenters. The molecule has 1 rings (SSSR count). The molecule has 0 amide bonds.